The molecular formula is C27H27N7O. The second kappa shape index (κ2) is 9.57. The number of hydrogen-bond acceptors (Lipinski definition) is 5. The summed E-state index contributed by atoms with van der Waals surface area (Å²) in [5.41, 5.74) is 6.78. The Bertz CT molecular complexity index is 1420. The molecule has 0 spiro atoms. The predicted molar refractivity (Wildman–Crippen MR) is 135 cm³/mol. The molecule has 0 bridgehead atoms. The number of nitrogens with one attached hydrogen (secondary N) is 1. The van der Waals surface area contributed by atoms with Crippen molar-refractivity contribution < 1.29 is 4.79 Å². The van der Waals surface area contributed by atoms with Crippen molar-refractivity contribution in [3.63, 3.8) is 0 Å². The van der Waals surface area contributed by atoms with Crippen molar-refractivity contribution in [3.05, 3.63) is 84.5 Å². The smallest absolute Gasteiger partial charge is 0.247 e. The molecule has 0 aliphatic carbocycles. The lowest BCUT2D eigenvalue weighted by Gasteiger charge is -2.32. The zero-order valence-electron chi connectivity index (χ0n) is 19.7. The second-order valence-electron chi connectivity index (χ2n) is 8.99. The van der Waals surface area contributed by atoms with E-state index in [1.807, 2.05) is 42.3 Å². The first kappa shape index (κ1) is 22.6. The van der Waals surface area contributed by atoms with Gasteiger partial charge in [0, 0.05) is 42.8 Å². The molecule has 0 radical (unpaired) electrons. The molecule has 4 heterocycles. The van der Waals surface area contributed by atoms with Crippen molar-refractivity contribution in [1.82, 2.24) is 24.3 Å². The molecule has 1 aliphatic rings. The summed E-state index contributed by atoms with van der Waals surface area (Å²) in [6, 6.07) is 12.5. The summed E-state index contributed by atoms with van der Waals surface area (Å²) in [4.78, 5) is 13.9. The number of carbonyl (C=O) groups excluding carboxylic acids is 1. The number of nitriles is 1. The summed E-state index contributed by atoms with van der Waals surface area (Å²) >= 11 is 0. The molecule has 4 aromatic rings. The van der Waals surface area contributed by atoms with Gasteiger partial charge in [0.25, 0.3) is 0 Å². The van der Waals surface area contributed by atoms with Crippen molar-refractivity contribution >= 4 is 17.1 Å². The first-order valence-corrected chi connectivity index (χ1v) is 11.7. The number of benzene rings is 1. The fourth-order valence-electron chi connectivity index (χ4n) is 4.82. The van der Waals surface area contributed by atoms with Gasteiger partial charge < -0.3 is 5.32 Å². The summed E-state index contributed by atoms with van der Waals surface area (Å²) < 4.78 is 3.64. The third kappa shape index (κ3) is 4.72. The van der Waals surface area contributed by atoms with Gasteiger partial charge in [-0.3, -0.25) is 14.4 Å². The summed E-state index contributed by atoms with van der Waals surface area (Å²) in [5, 5.41) is 21.2. The summed E-state index contributed by atoms with van der Waals surface area (Å²) in [7, 11) is 1.91. The van der Waals surface area contributed by atoms with Gasteiger partial charge in [-0.2, -0.15) is 15.5 Å². The van der Waals surface area contributed by atoms with Crippen LogP contribution in [0.1, 0.15) is 35.4 Å². The maximum Gasteiger partial charge on any atom is 0.247 e. The average Bonchev–Trinajstić information content (AvgIpc) is 3.51. The molecule has 1 N–H and O–H groups in total. The number of rotatable bonds is 6. The molecule has 0 saturated carbocycles. The van der Waals surface area contributed by atoms with E-state index in [0.717, 1.165) is 54.8 Å². The van der Waals surface area contributed by atoms with Crippen molar-refractivity contribution in [2.75, 3.05) is 18.4 Å². The zero-order valence-corrected chi connectivity index (χ0v) is 19.7. The van der Waals surface area contributed by atoms with Crippen LogP contribution in [0.5, 0.6) is 0 Å². The SMILES string of the molecule is C=CC(=O)Nc1ccc(CN2CCC(c3cc(-c4cnn(C)c4)cn4ncc(C#N)c34)CC2)cc1. The minimum Gasteiger partial charge on any atom is -0.323 e. The fourth-order valence-corrected chi connectivity index (χ4v) is 4.82. The Balaban J connectivity index is 1.32. The van der Waals surface area contributed by atoms with E-state index in [1.165, 1.54) is 17.2 Å². The van der Waals surface area contributed by atoms with E-state index < -0.39 is 0 Å². The number of pyridine rings is 1. The minimum absolute atomic E-state index is 0.209. The number of anilines is 1. The third-order valence-corrected chi connectivity index (χ3v) is 6.64. The predicted octanol–water partition coefficient (Wildman–Crippen LogP) is 4.11. The highest BCUT2D eigenvalue weighted by Crippen LogP contribution is 2.35. The number of piperidine rings is 1. The molecule has 3 aromatic heterocycles. The van der Waals surface area contributed by atoms with Crippen molar-refractivity contribution in [2.24, 2.45) is 7.05 Å². The third-order valence-electron chi connectivity index (χ3n) is 6.64. The van der Waals surface area contributed by atoms with Crippen LogP contribution in [0.15, 0.2) is 67.8 Å². The first-order chi connectivity index (χ1) is 17.0. The van der Waals surface area contributed by atoms with Gasteiger partial charge >= 0.3 is 0 Å². The summed E-state index contributed by atoms with van der Waals surface area (Å²) in [5.74, 6) is 0.143. The highest BCUT2D eigenvalue weighted by Gasteiger charge is 2.25. The standard InChI is InChI=1S/C27H27N7O/c1-3-26(35)31-24-6-4-19(5-7-24)16-33-10-8-20(9-11-33)25-12-21(23-15-29-32(2)17-23)18-34-27(25)22(13-28)14-30-34/h3-7,12,14-15,17-18,20H,1,8-11,16H2,2H3,(H,31,35). The first-order valence-electron chi connectivity index (χ1n) is 11.7. The van der Waals surface area contributed by atoms with Gasteiger partial charge in [-0.1, -0.05) is 18.7 Å². The number of aromatic nitrogens is 4. The van der Waals surface area contributed by atoms with E-state index in [1.54, 1.807) is 10.9 Å². The molecule has 35 heavy (non-hydrogen) atoms. The summed E-state index contributed by atoms with van der Waals surface area (Å²) in [6.45, 7) is 6.29. The molecule has 0 atom stereocenters. The number of likely N-dealkylation sites (tertiary alicyclic amines) is 1. The highest BCUT2D eigenvalue weighted by molar-refractivity contribution is 5.98. The Hall–Kier alpha value is -4.22. The number of nitrogens with zero attached hydrogens (tertiary/aromatic N) is 6. The maximum absolute atomic E-state index is 11.5. The fraction of sp³-hybridized carbons (Fsp3) is 0.259. The largest absolute Gasteiger partial charge is 0.323 e. The zero-order chi connectivity index (χ0) is 24.4. The average molecular weight is 466 g/mol. The molecule has 176 valence electrons. The van der Waals surface area contributed by atoms with Crippen LogP contribution in [0.2, 0.25) is 0 Å². The molecule has 1 fully saturated rings. The van der Waals surface area contributed by atoms with E-state index in [4.69, 9.17) is 0 Å². The van der Waals surface area contributed by atoms with E-state index in [0.29, 0.717) is 11.5 Å². The maximum atomic E-state index is 11.5. The second-order valence-corrected chi connectivity index (χ2v) is 8.99. The van der Waals surface area contributed by atoms with Crippen molar-refractivity contribution in [3.8, 4) is 17.2 Å². The lowest BCUT2D eigenvalue weighted by Crippen LogP contribution is -2.32. The van der Waals surface area contributed by atoms with Gasteiger partial charge in [0.15, 0.2) is 0 Å². The summed E-state index contributed by atoms with van der Waals surface area (Å²) in [6.07, 6.45) is 10.8. The quantitative estimate of drug-likeness (QED) is 0.433. The lowest BCUT2D eigenvalue weighted by atomic mass is 9.87. The topological polar surface area (TPSA) is 91.2 Å². The van der Waals surface area contributed by atoms with E-state index in [-0.39, 0.29) is 5.91 Å². The monoisotopic (exact) mass is 465 g/mol. The molecule has 1 aliphatic heterocycles. The normalized spacial score (nSPS) is 14.6. The molecule has 1 saturated heterocycles. The molecule has 5 rings (SSSR count). The van der Waals surface area contributed by atoms with Gasteiger partial charge in [0.05, 0.1) is 23.5 Å². The number of fused-ring (bicyclic) bond motifs is 1. The molecule has 0 unspecified atom stereocenters. The number of hydrogen-bond donors (Lipinski definition) is 1. The van der Waals surface area contributed by atoms with Crippen LogP contribution in [-0.2, 0) is 18.4 Å². The Labute approximate surface area is 204 Å². The van der Waals surface area contributed by atoms with Crippen LogP contribution in [0.3, 0.4) is 0 Å². The Morgan fingerprint density at radius 2 is 1.94 bits per heavy atom. The number of aryl methyl sites for hydroxylation is 1. The Morgan fingerprint density at radius 1 is 1.17 bits per heavy atom. The van der Waals surface area contributed by atoms with Crippen LogP contribution >= 0.6 is 0 Å². The molecular weight excluding hydrogens is 438 g/mol. The number of amides is 1. The van der Waals surface area contributed by atoms with Crippen LogP contribution in [0.4, 0.5) is 5.69 Å². The van der Waals surface area contributed by atoms with Crippen LogP contribution in [0, 0.1) is 11.3 Å². The van der Waals surface area contributed by atoms with Gasteiger partial charge in [0.1, 0.15) is 6.07 Å². The van der Waals surface area contributed by atoms with Crippen molar-refractivity contribution in [2.45, 2.75) is 25.3 Å². The molecule has 1 amide bonds. The molecule has 1 aromatic carbocycles. The van der Waals surface area contributed by atoms with Gasteiger partial charge in [-0.05, 0) is 67.3 Å². The van der Waals surface area contributed by atoms with Gasteiger partial charge in [-0.25, -0.2) is 4.52 Å². The van der Waals surface area contributed by atoms with Crippen LogP contribution in [0.25, 0.3) is 16.6 Å². The van der Waals surface area contributed by atoms with Gasteiger partial charge in [-0.15, -0.1) is 0 Å². The van der Waals surface area contributed by atoms with Gasteiger partial charge in [0.2, 0.25) is 5.91 Å². The van der Waals surface area contributed by atoms with E-state index >= 15 is 0 Å². The van der Waals surface area contributed by atoms with Crippen molar-refractivity contribution in [1.29, 1.82) is 5.26 Å². The Morgan fingerprint density at radius 3 is 2.60 bits per heavy atom. The molecule has 8 heteroatoms. The van der Waals surface area contributed by atoms with Crippen LogP contribution < -0.4 is 5.32 Å². The Kier molecular flexibility index (Phi) is 6.17. The number of carbonyl (C=O) groups is 1. The van der Waals surface area contributed by atoms with E-state index in [9.17, 15) is 10.1 Å². The van der Waals surface area contributed by atoms with E-state index in [2.05, 4.69) is 51.3 Å². The lowest BCUT2D eigenvalue weighted by molar-refractivity contribution is -0.111. The minimum atomic E-state index is -0.209. The highest BCUT2D eigenvalue weighted by atomic mass is 16.1. The molecule has 8 nitrogen and oxygen atoms in total. The van der Waals surface area contributed by atoms with Crippen LogP contribution in [-0.4, -0.2) is 43.3 Å².